The van der Waals surface area contributed by atoms with Gasteiger partial charge in [0.25, 0.3) is 0 Å². The summed E-state index contributed by atoms with van der Waals surface area (Å²) in [7, 11) is 0. The van der Waals surface area contributed by atoms with E-state index in [1.807, 2.05) is 18.2 Å². The molecule has 0 unspecified atom stereocenters. The second kappa shape index (κ2) is 5.97. The number of carbonyl (C=O) groups is 1. The first kappa shape index (κ1) is 13.6. The van der Waals surface area contributed by atoms with Gasteiger partial charge < -0.3 is 20.3 Å². The van der Waals surface area contributed by atoms with Crippen molar-refractivity contribution in [3.8, 4) is 11.3 Å². The number of anilines is 1. The monoisotopic (exact) mass is 287 g/mol. The van der Waals surface area contributed by atoms with Gasteiger partial charge in [-0.05, 0) is 19.4 Å². The van der Waals surface area contributed by atoms with Crippen LogP contribution in [0, 0.1) is 0 Å². The third kappa shape index (κ3) is 2.90. The van der Waals surface area contributed by atoms with Crippen LogP contribution in [0.2, 0.25) is 0 Å². The zero-order valence-electron chi connectivity index (χ0n) is 11.5. The first-order chi connectivity index (χ1) is 10.3. The Hall–Kier alpha value is -2.34. The largest absolute Gasteiger partial charge is 0.477 e. The summed E-state index contributed by atoms with van der Waals surface area (Å²) >= 11 is 0. The fraction of sp³-hybridized carbons (Fsp3) is 0.333. The number of hydrogen-bond donors (Lipinski definition) is 3. The smallest absolute Gasteiger partial charge is 0.343 e. The Kier molecular flexibility index (Phi) is 3.87. The van der Waals surface area contributed by atoms with E-state index < -0.39 is 5.97 Å². The first-order valence-electron chi connectivity index (χ1n) is 7.01. The van der Waals surface area contributed by atoms with Gasteiger partial charge in [0.05, 0.1) is 0 Å². The fourth-order valence-electron chi connectivity index (χ4n) is 2.55. The van der Waals surface area contributed by atoms with Gasteiger partial charge in [-0.2, -0.15) is 0 Å². The number of carboxylic acid groups (broad SMARTS) is 1. The zero-order valence-corrected chi connectivity index (χ0v) is 11.5. The van der Waals surface area contributed by atoms with Gasteiger partial charge in [-0.25, -0.2) is 4.79 Å². The van der Waals surface area contributed by atoms with Crippen LogP contribution in [0.1, 0.15) is 23.2 Å². The molecule has 3 N–H and O–H groups in total. The molecule has 0 spiro atoms. The SMILES string of the molecule is O=C(O)c1c(NC[C@@H]2CCCN2)noc1-c1ccccc1. The van der Waals surface area contributed by atoms with E-state index in [1.54, 1.807) is 12.1 Å². The van der Waals surface area contributed by atoms with Gasteiger partial charge in [0.1, 0.15) is 0 Å². The number of aromatic carboxylic acids is 1. The van der Waals surface area contributed by atoms with Crippen LogP contribution < -0.4 is 10.6 Å². The molecule has 1 aliphatic heterocycles. The molecule has 1 fully saturated rings. The molecule has 0 radical (unpaired) electrons. The van der Waals surface area contributed by atoms with Crippen molar-refractivity contribution in [3.05, 3.63) is 35.9 Å². The van der Waals surface area contributed by atoms with Gasteiger partial charge in [0.15, 0.2) is 17.1 Å². The second-order valence-electron chi connectivity index (χ2n) is 5.08. The summed E-state index contributed by atoms with van der Waals surface area (Å²) in [5.74, 6) is -0.475. The van der Waals surface area contributed by atoms with E-state index >= 15 is 0 Å². The predicted octanol–water partition coefficient (Wildman–Crippen LogP) is 2.20. The number of benzene rings is 1. The summed E-state index contributed by atoms with van der Waals surface area (Å²) in [6.07, 6.45) is 2.23. The Morgan fingerprint density at radius 3 is 2.90 bits per heavy atom. The molecule has 0 amide bonds. The van der Waals surface area contributed by atoms with Gasteiger partial charge in [-0.1, -0.05) is 35.5 Å². The Morgan fingerprint density at radius 2 is 2.24 bits per heavy atom. The highest BCUT2D eigenvalue weighted by molar-refractivity contribution is 5.99. The van der Waals surface area contributed by atoms with Gasteiger partial charge >= 0.3 is 5.97 Å². The van der Waals surface area contributed by atoms with Gasteiger partial charge in [0, 0.05) is 18.2 Å². The summed E-state index contributed by atoms with van der Waals surface area (Å²) in [6.45, 7) is 1.65. The lowest BCUT2D eigenvalue weighted by Crippen LogP contribution is -2.29. The molecule has 2 aromatic rings. The highest BCUT2D eigenvalue weighted by Crippen LogP contribution is 2.29. The van der Waals surface area contributed by atoms with E-state index in [9.17, 15) is 9.90 Å². The zero-order chi connectivity index (χ0) is 14.7. The highest BCUT2D eigenvalue weighted by Gasteiger charge is 2.24. The Morgan fingerprint density at radius 1 is 1.43 bits per heavy atom. The standard InChI is InChI=1S/C15H17N3O3/c19-15(20)12-13(10-5-2-1-3-6-10)21-18-14(12)17-9-11-7-4-8-16-11/h1-3,5-6,11,16H,4,7-9H2,(H,17,18)(H,19,20)/t11-/m0/s1. The lowest BCUT2D eigenvalue weighted by molar-refractivity contribution is 0.0698. The van der Waals surface area contributed by atoms with Crippen molar-refractivity contribution in [2.75, 3.05) is 18.4 Å². The van der Waals surface area contributed by atoms with Crippen LogP contribution in [0.5, 0.6) is 0 Å². The molecule has 0 bridgehead atoms. The highest BCUT2D eigenvalue weighted by atomic mass is 16.5. The normalized spacial score (nSPS) is 17.8. The molecule has 21 heavy (non-hydrogen) atoms. The number of carboxylic acids is 1. The van der Waals surface area contributed by atoms with Crippen molar-refractivity contribution in [1.29, 1.82) is 0 Å². The molecule has 1 aromatic heterocycles. The predicted molar refractivity (Wildman–Crippen MR) is 78.4 cm³/mol. The summed E-state index contributed by atoms with van der Waals surface area (Å²) in [4.78, 5) is 11.5. The molecule has 6 nitrogen and oxygen atoms in total. The van der Waals surface area contributed by atoms with E-state index in [0.717, 1.165) is 19.4 Å². The maximum absolute atomic E-state index is 11.5. The third-order valence-electron chi connectivity index (χ3n) is 3.62. The van der Waals surface area contributed by atoms with Crippen molar-refractivity contribution in [2.24, 2.45) is 0 Å². The minimum absolute atomic E-state index is 0.0826. The first-order valence-corrected chi connectivity index (χ1v) is 7.01. The summed E-state index contributed by atoms with van der Waals surface area (Å²) < 4.78 is 5.24. The van der Waals surface area contributed by atoms with Crippen LogP contribution in [0.15, 0.2) is 34.9 Å². The van der Waals surface area contributed by atoms with Crippen molar-refractivity contribution < 1.29 is 14.4 Å². The number of nitrogens with zero attached hydrogens (tertiary/aromatic N) is 1. The van der Waals surface area contributed by atoms with Crippen LogP contribution in [0.3, 0.4) is 0 Å². The number of rotatable bonds is 5. The van der Waals surface area contributed by atoms with E-state index in [2.05, 4.69) is 15.8 Å². The minimum atomic E-state index is -1.04. The minimum Gasteiger partial charge on any atom is -0.477 e. The number of hydrogen-bond acceptors (Lipinski definition) is 5. The molecule has 6 heteroatoms. The fourth-order valence-corrected chi connectivity index (χ4v) is 2.55. The number of aromatic nitrogens is 1. The van der Waals surface area contributed by atoms with Crippen LogP contribution >= 0.6 is 0 Å². The molecule has 110 valence electrons. The summed E-state index contributed by atoms with van der Waals surface area (Å²) in [5, 5.41) is 19.7. The van der Waals surface area contributed by atoms with Gasteiger partial charge in [-0.15, -0.1) is 0 Å². The Balaban J connectivity index is 1.84. The summed E-state index contributed by atoms with van der Waals surface area (Å²) in [6, 6.07) is 9.48. The molecule has 1 aromatic carbocycles. The lowest BCUT2D eigenvalue weighted by Gasteiger charge is -2.10. The van der Waals surface area contributed by atoms with Crippen LogP contribution in [-0.4, -0.2) is 35.4 Å². The Bertz CT molecular complexity index is 618. The topological polar surface area (TPSA) is 87.4 Å². The van der Waals surface area contributed by atoms with Crippen molar-refractivity contribution >= 4 is 11.8 Å². The van der Waals surface area contributed by atoms with Crippen molar-refractivity contribution in [3.63, 3.8) is 0 Å². The van der Waals surface area contributed by atoms with Gasteiger partial charge in [-0.3, -0.25) is 0 Å². The summed E-state index contributed by atoms with van der Waals surface area (Å²) in [5.41, 5.74) is 0.786. The average Bonchev–Trinajstić information content (AvgIpc) is 3.15. The number of nitrogens with one attached hydrogen (secondary N) is 2. The molecule has 0 aliphatic carbocycles. The quantitative estimate of drug-likeness (QED) is 0.781. The Labute approximate surface area is 122 Å². The molecule has 1 saturated heterocycles. The van der Waals surface area contributed by atoms with Crippen LogP contribution in [0.4, 0.5) is 5.82 Å². The molecule has 3 rings (SSSR count). The van der Waals surface area contributed by atoms with E-state index in [1.165, 1.54) is 0 Å². The van der Waals surface area contributed by atoms with Crippen LogP contribution in [0.25, 0.3) is 11.3 Å². The molecular formula is C15H17N3O3. The molecule has 1 aliphatic rings. The van der Waals surface area contributed by atoms with E-state index in [-0.39, 0.29) is 17.1 Å². The maximum Gasteiger partial charge on any atom is 0.343 e. The molecule has 1 atom stereocenters. The molecule has 0 saturated carbocycles. The molecule has 2 heterocycles. The maximum atomic E-state index is 11.5. The lowest BCUT2D eigenvalue weighted by atomic mass is 10.1. The third-order valence-corrected chi connectivity index (χ3v) is 3.62. The van der Waals surface area contributed by atoms with E-state index in [4.69, 9.17) is 4.52 Å². The van der Waals surface area contributed by atoms with Crippen molar-refractivity contribution in [1.82, 2.24) is 10.5 Å². The molecular weight excluding hydrogens is 270 g/mol. The van der Waals surface area contributed by atoms with Crippen LogP contribution in [-0.2, 0) is 0 Å². The van der Waals surface area contributed by atoms with E-state index in [0.29, 0.717) is 18.2 Å². The average molecular weight is 287 g/mol. The van der Waals surface area contributed by atoms with Gasteiger partial charge in [0.2, 0.25) is 0 Å². The second-order valence-corrected chi connectivity index (χ2v) is 5.08. The van der Waals surface area contributed by atoms with Crippen molar-refractivity contribution in [2.45, 2.75) is 18.9 Å².